The lowest BCUT2D eigenvalue weighted by molar-refractivity contribution is 0.0909. The van der Waals surface area contributed by atoms with Crippen LogP contribution >= 0.6 is 0 Å². The monoisotopic (exact) mass is 357 g/mol. The first-order valence-electron chi connectivity index (χ1n) is 9.36. The van der Waals surface area contributed by atoms with Crippen molar-refractivity contribution in [3.05, 3.63) is 83.1 Å². The maximum Gasteiger partial charge on any atom is 0.287 e. The predicted octanol–water partition coefficient (Wildman–Crippen LogP) is 6.08. The number of amides is 1. The molecule has 3 heteroatoms. The van der Waals surface area contributed by atoms with Gasteiger partial charge in [0.25, 0.3) is 5.91 Å². The number of aryl methyl sites for hydroxylation is 2. The lowest BCUT2D eigenvalue weighted by Gasteiger charge is -2.19. The maximum absolute atomic E-state index is 12.9. The minimum atomic E-state index is -0.179. The van der Waals surface area contributed by atoms with E-state index in [1.54, 1.807) is 0 Å². The fourth-order valence-corrected chi connectivity index (χ4v) is 3.75. The molecule has 0 aliphatic rings. The molecule has 0 aliphatic carbocycles. The molecule has 136 valence electrons. The lowest BCUT2D eigenvalue weighted by Crippen LogP contribution is -2.28. The first kappa shape index (κ1) is 17.3. The van der Waals surface area contributed by atoms with E-state index in [1.165, 1.54) is 11.1 Å². The van der Waals surface area contributed by atoms with Crippen LogP contribution in [0.5, 0.6) is 0 Å². The van der Waals surface area contributed by atoms with Crippen LogP contribution in [-0.4, -0.2) is 5.91 Å². The molecule has 1 aromatic heterocycles. The Hall–Kier alpha value is -3.07. The van der Waals surface area contributed by atoms with Gasteiger partial charge in [-0.05, 0) is 54.3 Å². The van der Waals surface area contributed by atoms with Crippen LogP contribution < -0.4 is 5.32 Å². The molecule has 3 aromatic carbocycles. The quantitative estimate of drug-likeness (QED) is 0.480. The molecule has 0 unspecified atom stereocenters. The first-order chi connectivity index (χ1) is 13.1. The summed E-state index contributed by atoms with van der Waals surface area (Å²) in [5, 5.41) is 6.34. The minimum Gasteiger partial charge on any atom is -0.451 e. The van der Waals surface area contributed by atoms with Gasteiger partial charge in [-0.2, -0.15) is 0 Å². The van der Waals surface area contributed by atoms with Gasteiger partial charge in [0, 0.05) is 5.39 Å². The zero-order valence-corrected chi connectivity index (χ0v) is 15.9. The third-order valence-corrected chi connectivity index (χ3v) is 5.16. The Kier molecular flexibility index (Phi) is 4.44. The molecule has 0 spiro atoms. The highest BCUT2D eigenvalue weighted by Gasteiger charge is 2.19. The molecule has 0 bridgehead atoms. The van der Waals surface area contributed by atoms with E-state index >= 15 is 0 Å². The largest absolute Gasteiger partial charge is 0.451 e. The van der Waals surface area contributed by atoms with Crippen LogP contribution in [0.4, 0.5) is 0 Å². The lowest BCUT2D eigenvalue weighted by atomic mass is 9.97. The van der Waals surface area contributed by atoms with E-state index in [1.807, 2.05) is 30.3 Å². The summed E-state index contributed by atoms with van der Waals surface area (Å²) in [6, 6.07) is 20.2. The Morgan fingerprint density at radius 1 is 1.00 bits per heavy atom. The van der Waals surface area contributed by atoms with Gasteiger partial charge < -0.3 is 9.73 Å². The normalized spacial score (nSPS) is 12.4. The fraction of sp³-hybridized carbons (Fsp3) is 0.208. The van der Waals surface area contributed by atoms with Gasteiger partial charge >= 0.3 is 0 Å². The van der Waals surface area contributed by atoms with Crippen LogP contribution in [0.1, 0.15) is 46.6 Å². The van der Waals surface area contributed by atoms with Crippen LogP contribution in [0.15, 0.2) is 65.1 Å². The molecule has 1 atom stereocenters. The predicted molar refractivity (Wildman–Crippen MR) is 110 cm³/mol. The van der Waals surface area contributed by atoms with E-state index in [2.05, 4.69) is 56.4 Å². The van der Waals surface area contributed by atoms with Crippen molar-refractivity contribution in [1.29, 1.82) is 0 Å². The number of carbonyl (C=O) groups is 1. The zero-order chi connectivity index (χ0) is 19.0. The number of hydrogen-bond donors (Lipinski definition) is 1. The second-order valence-electron chi connectivity index (χ2n) is 7.10. The number of nitrogens with one attached hydrogen (secondary N) is 1. The van der Waals surface area contributed by atoms with E-state index in [0.717, 1.165) is 33.7 Å². The molecule has 1 N–H and O–H groups in total. The number of furan rings is 1. The highest BCUT2D eigenvalue weighted by Crippen LogP contribution is 2.29. The summed E-state index contributed by atoms with van der Waals surface area (Å²) in [5.74, 6) is 0.173. The molecular weight excluding hydrogens is 334 g/mol. The Morgan fingerprint density at radius 3 is 2.59 bits per heavy atom. The molecule has 1 heterocycles. The van der Waals surface area contributed by atoms with Crippen LogP contribution in [0.25, 0.3) is 21.7 Å². The smallest absolute Gasteiger partial charge is 0.287 e. The zero-order valence-electron chi connectivity index (χ0n) is 15.9. The molecule has 3 nitrogen and oxygen atoms in total. The van der Waals surface area contributed by atoms with Gasteiger partial charge in [0.1, 0.15) is 5.58 Å². The molecule has 27 heavy (non-hydrogen) atoms. The Bertz CT molecular complexity index is 1140. The molecule has 0 saturated heterocycles. The second kappa shape index (κ2) is 6.92. The maximum atomic E-state index is 12.9. The summed E-state index contributed by atoms with van der Waals surface area (Å²) in [6.45, 7) is 6.25. The highest BCUT2D eigenvalue weighted by molar-refractivity contribution is 6.08. The van der Waals surface area contributed by atoms with Gasteiger partial charge in [0.15, 0.2) is 5.76 Å². The first-order valence-corrected chi connectivity index (χ1v) is 9.36. The number of carbonyl (C=O) groups excluding carboxylic acids is 1. The van der Waals surface area contributed by atoms with Crippen molar-refractivity contribution < 1.29 is 9.21 Å². The molecular formula is C24H23NO2. The summed E-state index contributed by atoms with van der Waals surface area (Å²) in [4.78, 5) is 12.9. The summed E-state index contributed by atoms with van der Waals surface area (Å²) < 4.78 is 5.86. The van der Waals surface area contributed by atoms with Gasteiger partial charge in [0.2, 0.25) is 0 Å². The Labute approximate surface area is 159 Å². The van der Waals surface area contributed by atoms with Crippen molar-refractivity contribution in [2.45, 2.75) is 33.2 Å². The molecule has 4 rings (SSSR count). The molecule has 4 aromatic rings. The molecule has 0 radical (unpaired) electrons. The van der Waals surface area contributed by atoms with Gasteiger partial charge in [-0.15, -0.1) is 0 Å². The Balaban J connectivity index is 1.66. The number of rotatable bonds is 4. The molecule has 0 fully saturated rings. The van der Waals surface area contributed by atoms with Gasteiger partial charge in [-0.25, -0.2) is 0 Å². The summed E-state index contributed by atoms with van der Waals surface area (Å²) >= 11 is 0. The topological polar surface area (TPSA) is 42.2 Å². The molecule has 1 amide bonds. The van der Waals surface area contributed by atoms with Crippen molar-refractivity contribution >= 4 is 27.6 Å². The summed E-state index contributed by atoms with van der Waals surface area (Å²) in [6.07, 6.45) is 0.818. The third kappa shape index (κ3) is 3.21. The number of fused-ring (bicyclic) bond motifs is 3. The summed E-state index contributed by atoms with van der Waals surface area (Å²) in [5.41, 5.74) is 4.30. The van der Waals surface area contributed by atoms with Crippen LogP contribution in [-0.2, 0) is 0 Å². The van der Waals surface area contributed by atoms with Crippen molar-refractivity contribution in [3.8, 4) is 0 Å². The van der Waals surface area contributed by atoms with E-state index < -0.39 is 0 Å². The van der Waals surface area contributed by atoms with Crippen molar-refractivity contribution in [2.24, 2.45) is 0 Å². The van der Waals surface area contributed by atoms with Crippen LogP contribution in [0.3, 0.4) is 0 Å². The van der Waals surface area contributed by atoms with Crippen molar-refractivity contribution in [1.82, 2.24) is 5.32 Å². The standard InChI is InChI=1S/C24H23NO2/c1-4-21(18-11-9-15(2)13-16(18)3)25-24(26)23-14-20-19-8-6-5-7-17(19)10-12-22(20)27-23/h5-14,21H,4H2,1-3H3,(H,25,26)/t21-/m1/s1. The van der Waals surface area contributed by atoms with E-state index in [9.17, 15) is 4.79 Å². The second-order valence-corrected chi connectivity index (χ2v) is 7.10. The van der Waals surface area contributed by atoms with E-state index in [4.69, 9.17) is 4.42 Å². The third-order valence-electron chi connectivity index (χ3n) is 5.16. The average molecular weight is 357 g/mol. The van der Waals surface area contributed by atoms with Gasteiger partial charge in [-0.3, -0.25) is 4.79 Å². The minimum absolute atomic E-state index is 0.0388. The molecule has 0 saturated carbocycles. The van der Waals surface area contributed by atoms with Gasteiger partial charge in [-0.1, -0.05) is 61.0 Å². The number of hydrogen-bond acceptors (Lipinski definition) is 2. The van der Waals surface area contributed by atoms with Crippen LogP contribution in [0.2, 0.25) is 0 Å². The molecule has 0 aliphatic heterocycles. The number of benzene rings is 3. The van der Waals surface area contributed by atoms with E-state index in [0.29, 0.717) is 5.76 Å². The summed E-state index contributed by atoms with van der Waals surface area (Å²) in [7, 11) is 0. The Morgan fingerprint density at radius 2 is 1.81 bits per heavy atom. The highest BCUT2D eigenvalue weighted by atomic mass is 16.3. The van der Waals surface area contributed by atoms with Gasteiger partial charge in [0.05, 0.1) is 6.04 Å². The van der Waals surface area contributed by atoms with Crippen molar-refractivity contribution in [3.63, 3.8) is 0 Å². The SMILES string of the molecule is CC[C@@H](NC(=O)c1cc2c(ccc3ccccc32)o1)c1ccc(C)cc1C. The van der Waals surface area contributed by atoms with Crippen LogP contribution in [0, 0.1) is 13.8 Å². The van der Waals surface area contributed by atoms with E-state index in [-0.39, 0.29) is 11.9 Å². The average Bonchev–Trinajstić information content (AvgIpc) is 3.11. The fourth-order valence-electron chi connectivity index (χ4n) is 3.75. The van der Waals surface area contributed by atoms with Crippen molar-refractivity contribution in [2.75, 3.05) is 0 Å².